The van der Waals surface area contributed by atoms with Crippen molar-refractivity contribution in [1.82, 2.24) is 0 Å². The van der Waals surface area contributed by atoms with Crippen molar-refractivity contribution >= 4 is 11.6 Å². The number of anilines is 1. The molecule has 1 N–H and O–H groups in total. The minimum absolute atomic E-state index is 0.0450. The molecule has 3 rings (SSSR count). The number of rotatable bonds is 5. The Hall–Kier alpha value is -2.87. The van der Waals surface area contributed by atoms with Crippen LogP contribution in [0, 0.1) is 0 Å². The van der Waals surface area contributed by atoms with Crippen molar-refractivity contribution in [3.8, 4) is 0 Å². The Morgan fingerprint density at radius 2 is 1.25 bits per heavy atom. The second-order valence-electron chi connectivity index (χ2n) is 6.04. The van der Waals surface area contributed by atoms with Crippen LogP contribution in [0.1, 0.15) is 29.2 Å². The summed E-state index contributed by atoms with van der Waals surface area (Å²) in [5, 5.41) is 2.79. The van der Waals surface area contributed by atoms with E-state index < -0.39 is 0 Å². The second kappa shape index (κ2) is 7.60. The molecule has 0 bridgehead atoms. The van der Waals surface area contributed by atoms with Crippen molar-refractivity contribution < 1.29 is 4.79 Å². The zero-order valence-corrected chi connectivity index (χ0v) is 13.8. The minimum atomic E-state index is -0.0450. The molecule has 0 aliphatic heterocycles. The number of nitrogens with one attached hydrogen (secondary N) is 1. The average Bonchev–Trinajstić information content (AvgIpc) is 2.57. The van der Waals surface area contributed by atoms with Crippen LogP contribution in [0.4, 0.5) is 5.69 Å². The first-order chi connectivity index (χ1) is 11.7. The van der Waals surface area contributed by atoms with Crippen LogP contribution in [-0.4, -0.2) is 5.91 Å². The third-order valence-corrected chi connectivity index (χ3v) is 3.93. The van der Waals surface area contributed by atoms with Gasteiger partial charge in [-0.3, -0.25) is 4.79 Å². The first-order valence-electron chi connectivity index (χ1n) is 8.17. The molecule has 0 aromatic heterocycles. The summed E-state index contributed by atoms with van der Waals surface area (Å²) in [5.74, 6) is -0.0450. The smallest absolute Gasteiger partial charge is 0.221 e. The fourth-order valence-corrected chi connectivity index (χ4v) is 2.83. The summed E-state index contributed by atoms with van der Waals surface area (Å²) < 4.78 is 0. The van der Waals surface area contributed by atoms with Gasteiger partial charge in [-0.2, -0.15) is 0 Å². The summed E-state index contributed by atoms with van der Waals surface area (Å²) in [6, 6.07) is 27.3. The predicted molar refractivity (Wildman–Crippen MR) is 99.2 cm³/mol. The highest BCUT2D eigenvalue weighted by Gasteiger charge is 2.01. The van der Waals surface area contributed by atoms with Crippen LogP contribution in [0.3, 0.4) is 0 Å². The van der Waals surface area contributed by atoms with Crippen LogP contribution in [0.25, 0.3) is 0 Å². The van der Waals surface area contributed by atoms with E-state index in [2.05, 4.69) is 66.0 Å². The van der Waals surface area contributed by atoms with E-state index in [9.17, 15) is 4.79 Å². The normalized spacial score (nSPS) is 10.4. The van der Waals surface area contributed by atoms with Gasteiger partial charge in [-0.25, -0.2) is 0 Å². The highest BCUT2D eigenvalue weighted by Crippen LogP contribution is 2.16. The van der Waals surface area contributed by atoms with Crippen molar-refractivity contribution in [2.45, 2.75) is 19.8 Å². The Kier molecular flexibility index (Phi) is 5.07. The summed E-state index contributed by atoms with van der Waals surface area (Å²) in [6.07, 6.45) is 1.85. The van der Waals surface area contributed by atoms with E-state index in [0.29, 0.717) is 0 Å². The lowest BCUT2D eigenvalue weighted by molar-refractivity contribution is -0.114. The molecule has 3 aromatic rings. The van der Waals surface area contributed by atoms with Gasteiger partial charge >= 0.3 is 0 Å². The highest BCUT2D eigenvalue weighted by atomic mass is 16.1. The molecule has 24 heavy (non-hydrogen) atoms. The SMILES string of the molecule is CC(=O)Nc1ccc(Cc2cccc(Cc3ccccc3)c2)cc1. The first kappa shape index (κ1) is 16.0. The monoisotopic (exact) mass is 315 g/mol. The van der Waals surface area contributed by atoms with E-state index in [-0.39, 0.29) is 5.91 Å². The number of carbonyl (C=O) groups is 1. The molecular weight excluding hydrogens is 294 g/mol. The Morgan fingerprint density at radius 3 is 1.83 bits per heavy atom. The molecule has 0 radical (unpaired) electrons. The lowest BCUT2D eigenvalue weighted by atomic mass is 9.99. The van der Waals surface area contributed by atoms with Crippen molar-refractivity contribution in [2.75, 3.05) is 5.32 Å². The molecule has 0 aliphatic rings. The summed E-state index contributed by atoms with van der Waals surface area (Å²) in [4.78, 5) is 11.1. The van der Waals surface area contributed by atoms with Gasteiger partial charge in [-0.05, 0) is 47.2 Å². The second-order valence-corrected chi connectivity index (χ2v) is 6.04. The molecule has 0 atom stereocenters. The van der Waals surface area contributed by atoms with Gasteiger partial charge in [-0.15, -0.1) is 0 Å². The molecule has 0 spiro atoms. The number of amides is 1. The van der Waals surface area contributed by atoms with Gasteiger partial charge < -0.3 is 5.32 Å². The molecule has 0 saturated heterocycles. The van der Waals surface area contributed by atoms with Gasteiger partial charge in [0, 0.05) is 12.6 Å². The number of benzene rings is 3. The van der Waals surface area contributed by atoms with E-state index in [1.165, 1.54) is 29.2 Å². The Balaban J connectivity index is 1.69. The molecule has 0 fully saturated rings. The molecule has 1 amide bonds. The molecular formula is C22H21NO. The van der Waals surface area contributed by atoms with Crippen LogP contribution in [0.2, 0.25) is 0 Å². The summed E-state index contributed by atoms with van der Waals surface area (Å²) in [7, 11) is 0. The van der Waals surface area contributed by atoms with Crippen molar-refractivity contribution in [3.05, 3.63) is 101 Å². The van der Waals surface area contributed by atoms with Gasteiger partial charge in [0.25, 0.3) is 0 Å². The van der Waals surface area contributed by atoms with Gasteiger partial charge in [0.2, 0.25) is 5.91 Å². The molecule has 2 heteroatoms. The standard InChI is InChI=1S/C22H21NO/c1-17(24)23-22-12-10-19(11-13-22)15-21-9-5-8-20(16-21)14-18-6-3-2-4-7-18/h2-13,16H,14-15H2,1H3,(H,23,24). The van der Waals surface area contributed by atoms with Gasteiger partial charge in [0.1, 0.15) is 0 Å². The minimum Gasteiger partial charge on any atom is -0.326 e. The van der Waals surface area contributed by atoms with E-state index in [0.717, 1.165) is 18.5 Å². The predicted octanol–water partition coefficient (Wildman–Crippen LogP) is 4.83. The molecule has 0 unspecified atom stereocenters. The number of carbonyl (C=O) groups excluding carboxylic acids is 1. The van der Waals surface area contributed by atoms with E-state index in [4.69, 9.17) is 0 Å². The fraction of sp³-hybridized carbons (Fsp3) is 0.136. The van der Waals surface area contributed by atoms with Crippen LogP contribution in [-0.2, 0) is 17.6 Å². The molecule has 0 aliphatic carbocycles. The fourth-order valence-electron chi connectivity index (χ4n) is 2.83. The van der Waals surface area contributed by atoms with Crippen LogP contribution in [0.15, 0.2) is 78.9 Å². The number of hydrogen-bond donors (Lipinski definition) is 1. The van der Waals surface area contributed by atoms with Gasteiger partial charge in [0.05, 0.1) is 0 Å². The van der Waals surface area contributed by atoms with Crippen LogP contribution < -0.4 is 5.32 Å². The zero-order chi connectivity index (χ0) is 16.8. The molecule has 120 valence electrons. The third kappa shape index (κ3) is 4.56. The van der Waals surface area contributed by atoms with Gasteiger partial charge in [0.15, 0.2) is 0 Å². The van der Waals surface area contributed by atoms with Crippen LogP contribution in [0.5, 0.6) is 0 Å². The van der Waals surface area contributed by atoms with Crippen molar-refractivity contribution in [3.63, 3.8) is 0 Å². The average molecular weight is 315 g/mol. The molecule has 2 nitrogen and oxygen atoms in total. The highest BCUT2D eigenvalue weighted by molar-refractivity contribution is 5.88. The van der Waals surface area contributed by atoms with Crippen LogP contribution >= 0.6 is 0 Å². The van der Waals surface area contributed by atoms with E-state index >= 15 is 0 Å². The summed E-state index contributed by atoms with van der Waals surface area (Å²) in [6.45, 7) is 1.52. The van der Waals surface area contributed by atoms with Crippen molar-refractivity contribution in [1.29, 1.82) is 0 Å². The molecule has 3 aromatic carbocycles. The van der Waals surface area contributed by atoms with Gasteiger partial charge in [-0.1, -0.05) is 66.7 Å². The zero-order valence-electron chi connectivity index (χ0n) is 13.8. The third-order valence-electron chi connectivity index (χ3n) is 3.93. The summed E-state index contributed by atoms with van der Waals surface area (Å²) >= 11 is 0. The maximum Gasteiger partial charge on any atom is 0.221 e. The maximum absolute atomic E-state index is 11.1. The largest absolute Gasteiger partial charge is 0.326 e. The lowest BCUT2D eigenvalue weighted by Gasteiger charge is -2.07. The summed E-state index contributed by atoms with van der Waals surface area (Å²) in [5.41, 5.74) is 6.03. The van der Waals surface area contributed by atoms with E-state index in [1.807, 2.05) is 18.2 Å². The maximum atomic E-state index is 11.1. The first-order valence-corrected chi connectivity index (χ1v) is 8.17. The molecule has 0 heterocycles. The number of hydrogen-bond acceptors (Lipinski definition) is 1. The molecule has 0 saturated carbocycles. The Bertz CT molecular complexity index is 807. The Morgan fingerprint density at radius 1 is 0.708 bits per heavy atom. The lowest BCUT2D eigenvalue weighted by Crippen LogP contribution is -2.05. The van der Waals surface area contributed by atoms with E-state index in [1.54, 1.807) is 0 Å². The Labute approximate surface area is 143 Å². The topological polar surface area (TPSA) is 29.1 Å². The van der Waals surface area contributed by atoms with Crippen molar-refractivity contribution in [2.24, 2.45) is 0 Å². The quantitative estimate of drug-likeness (QED) is 0.718.